The molecule has 4 heteroatoms. The average molecular weight is 805 g/mol. The van der Waals surface area contributed by atoms with Gasteiger partial charge in [0.1, 0.15) is 0 Å². The first-order valence-electron chi connectivity index (χ1n) is 21.6. The maximum atomic E-state index is 5.17. The fourth-order valence-corrected chi connectivity index (χ4v) is 9.61. The molecule has 63 heavy (non-hydrogen) atoms. The van der Waals surface area contributed by atoms with Crippen molar-refractivity contribution in [2.24, 2.45) is 0 Å². The molecule has 1 aromatic heterocycles. The van der Waals surface area contributed by atoms with E-state index in [9.17, 15) is 0 Å². The van der Waals surface area contributed by atoms with E-state index in [4.69, 9.17) is 15.0 Å². The van der Waals surface area contributed by atoms with Crippen LogP contribution in [0.15, 0.2) is 231 Å². The van der Waals surface area contributed by atoms with Crippen LogP contribution in [0, 0.1) is 0 Å². The Morgan fingerprint density at radius 3 is 1.29 bits per heavy atom. The molecule has 1 aliphatic carbocycles. The number of nitrogens with zero attached hydrogens (tertiary/aromatic N) is 4. The summed E-state index contributed by atoms with van der Waals surface area (Å²) in [5, 5.41) is 4.91. The smallest absolute Gasteiger partial charge is 0.164 e. The van der Waals surface area contributed by atoms with Crippen molar-refractivity contribution in [1.29, 1.82) is 0 Å². The van der Waals surface area contributed by atoms with Crippen molar-refractivity contribution in [3.8, 4) is 67.5 Å². The van der Waals surface area contributed by atoms with Crippen LogP contribution in [0.2, 0.25) is 0 Å². The monoisotopic (exact) mass is 804 g/mol. The minimum atomic E-state index is 0.220. The lowest BCUT2D eigenvalue weighted by Gasteiger charge is -2.29. The zero-order chi connectivity index (χ0) is 41.7. The van der Waals surface area contributed by atoms with Crippen molar-refractivity contribution >= 4 is 32.9 Å². The average Bonchev–Trinajstić information content (AvgIpc) is 3.71. The maximum Gasteiger partial charge on any atom is 0.164 e. The predicted molar refractivity (Wildman–Crippen MR) is 261 cm³/mol. The molecule has 9 aromatic carbocycles. The highest BCUT2D eigenvalue weighted by atomic mass is 15.2. The molecule has 10 aromatic rings. The van der Waals surface area contributed by atoms with Gasteiger partial charge in [-0.1, -0.05) is 218 Å². The lowest BCUT2D eigenvalue weighted by Crippen LogP contribution is -2.28. The van der Waals surface area contributed by atoms with Crippen LogP contribution in [0.25, 0.3) is 89.1 Å². The van der Waals surface area contributed by atoms with Crippen LogP contribution < -0.4 is 4.90 Å². The molecule has 296 valence electrons. The highest BCUT2D eigenvalue weighted by Gasteiger charge is 2.38. The number of rotatable bonds is 7. The van der Waals surface area contributed by atoms with Crippen molar-refractivity contribution in [2.75, 3.05) is 4.90 Å². The molecule has 2 heterocycles. The summed E-state index contributed by atoms with van der Waals surface area (Å²) in [6.45, 7) is 0. The molecular weight excluding hydrogens is 765 g/mol. The molecule has 0 amide bonds. The number of benzene rings is 9. The lowest BCUT2D eigenvalue weighted by atomic mass is 9.90. The number of allylic oxidation sites excluding steroid dienone is 2. The van der Waals surface area contributed by atoms with Gasteiger partial charge in [0, 0.05) is 33.9 Å². The summed E-state index contributed by atoms with van der Waals surface area (Å²) in [5.74, 6) is 2.17. The standard InChI is InChI=1S/C59H40N4/c1-2-17-47(18-3-1)63-55-26-9-8-21-53(55)54-25-12-24-52(56(54)63)43-31-37-46(38-32-43)59-61-57(44-33-27-41(28-34-44)50-22-10-15-39-13-4-6-19-48(39)50)60-58(62-59)45-35-29-42(30-36-45)51-23-11-16-40-14-5-7-20-49(40)51/h1-38,53,55H. The Bertz CT molecular complexity index is 3240. The van der Waals surface area contributed by atoms with Crippen LogP contribution in [-0.2, 0) is 0 Å². The molecule has 0 fully saturated rings. The van der Waals surface area contributed by atoms with Gasteiger partial charge in [-0.3, -0.25) is 0 Å². The fourth-order valence-electron chi connectivity index (χ4n) is 9.61. The number of fused-ring (bicyclic) bond motifs is 5. The summed E-state index contributed by atoms with van der Waals surface area (Å²) in [6.07, 6.45) is 9.02. The van der Waals surface area contributed by atoms with Gasteiger partial charge in [-0.05, 0) is 67.1 Å². The second-order valence-corrected chi connectivity index (χ2v) is 16.3. The topological polar surface area (TPSA) is 41.9 Å². The van der Waals surface area contributed by atoms with E-state index in [-0.39, 0.29) is 12.0 Å². The van der Waals surface area contributed by atoms with E-state index in [1.807, 2.05) is 0 Å². The zero-order valence-electron chi connectivity index (χ0n) is 34.4. The third kappa shape index (κ3) is 6.52. The van der Waals surface area contributed by atoms with Crippen LogP contribution in [0.1, 0.15) is 11.5 Å². The maximum absolute atomic E-state index is 5.17. The van der Waals surface area contributed by atoms with Crippen LogP contribution in [0.5, 0.6) is 0 Å². The van der Waals surface area contributed by atoms with Gasteiger partial charge < -0.3 is 4.90 Å². The number of para-hydroxylation sites is 2. The largest absolute Gasteiger partial charge is 0.333 e. The van der Waals surface area contributed by atoms with Crippen molar-refractivity contribution in [3.63, 3.8) is 0 Å². The van der Waals surface area contributed by atoms with E-state index < -0.39 is 0 Å². The molecule has 0 saturated carbocycles. The summed E-state index contributed by atoms with van der Waals surface area (Å²) < 4.78 is 0. The van der Waals surface area contributed by atoms with E-state index in [0.29, 0.717) is 17.5 Å². The van der Waals surface area contributed by atoms with Crippen molar-refractivity contribution in [1.82, 2.24) is 15.0 Å². The first-order valence-corrected chi connectivity index (χ1v) is 21.6. The highest BCUT2D eigenvalue weighted by Crippen LogP contribution is 2.51. The second-order valence-electron chi connectivity index (χ2n) is 16.3. The zero-order valence-corrected chi connectivity index (χ0v) is 34.4. The summed E-state index contributed by atoms with van der Waals surface area (Å²) >= 11 is 0. The molecule has 0 bridgehead atoms. The molecule has 2 atom stereocenters. The summed E-state index contributed by atoms with van der Waals surface area (Å²) in [5.41, 5.74) is 13.6. The van der Waals surface area contributed by atoms with E-state index >= 15 is 0 Å². The summed E-state index contributed by atoms with van der Waals surface area (Å²) in [4.78, 5) is 18.0. The minimum Gasteiger partial charge on any atom is -0.333 e. The van der Waals surface area contributed by atoms with Crippen molar-refractivity contribution < 1.29 is 0 Å². The Balaban J connectivity index is 0.942. The van der Waals surface area contributed by atoms with Crippen LogP contribution in [0.3, 0.4) is 0 Å². The van der Waals surface area contributed by atoms with Crippen LogP contribution in [0.4, 0.5) is 11.4 Å². The normalized spacial score (nSPS) is 15.1. The molecule has 2 unspecified atom stereocenters. The van der Waals surface area contributed by atoms with Gasteiger partial charge in [-0.25, -0.2) is 15.0 Å². The Morgan fingerprint density at radius 1 is 0.333 bits per heavy atom. The minimum absolute atomic E-state index is 0.220. The van der Waals surface area contributed by atoms with E-state index in [1.54, 1.807) is 0 Å². The first kappa shape index (κ1) is 36.6. The number of anilines is 2. The Hall–Kier alpha value is -8.21. The third-order valence-electron chi connectivity index (χ3n) is 12.7. The number of hydrogen-bond donors (Lipinski definition) is 0. The molecule has 0 radical (unpaired) electrons. The Labute approximate surface area is 366 Å². The second kappa shape index (κ2) is 15.4. The van der Waals surface area contributed by atoms with Gasteiger partial charge in [0.25, 0.3) is 0 Å². The Morgan fingerprint density at radius 2 is 0.746 bits per heavy atom. The lowest BCUT2D eigenvalue weighted by molar-refractivity contribution is 0.745. The van der Waals surface area contributed by atoms with Crippen molar-refractivity contribution in [3.05, 3.63) is 236 Å². The third-order valence-corrected chi connectivity index (χ3v) is 12.7. The van der Waals surface area contributed by atoms with Gasteiger partial charge in [0.05, 0.1) is 11.7 Å². The van der Waals surface area contributed by atoms with Crippen molar-refractivity contribution in [2.45, 2.75) is 12.0 Å². The summed E-state index contributed by atoms with van der Waals surface area (Å²) in [7, 11) is 0. The van der Waals surface area contributed by atoms with Gasteiger partial charge in [-0.15, -0.1) is 0 Å². The van der Waals surface area contributed by atoms with Gasteiger partial charge in [0.15, 0.2) is 17.5 Å². The number of hydrogen-bond acceptors (Lipinski definition) is 4. The molecular formula is C59H40N4. The van der Waals surface area contributed by atoms with Crippen LogP contribution in [-0.4, -0.2) is 21.0 Å². The van der Waals surface area contributed by atoms with Gasteiger partial charge in [0.2, 0.25) is 0 Å². The molecule has 2 aliphatic rings. The fraction of sp³-hybridized carbons (Fsp3) is 0.0339. The number of aromatic nitrogens is 3. The van der Waals surface area contributed by atoms with E-state index in [2.05, 4.69) is 235 Å². The van der Waals surface area contributed by atoms with Gasteiger partial charge in [-0.2, -0.15) is 0 Å². The van der Waals surface area contributed by atoms with E-state index in [1.165, 1.54) is 55.2 Å². The highest BCUT2D eigenvalue weighted by molar-refractivity contribution is 5.98. The molecule has 0 spiro atoms. The molecule has 0 N–H and O–H groups in total. The molecule has 1 aliphatic heterocycles. The van der Waals surface area contributed by atoms with Crippen LogP contribution >= 0.6 is 0 Å². The molecule has 0 saturated heterocycles. The van der Waals surface area contributed by atoms with E-state index in [0.717, 1.165) is 33.4 Å². The molecule has 12 rings (SSSR count). The SMILES string of the molecule is C1=CC2c3cccc(-c4ccc(-c5nc(-c6ccc(-c7cccc8ccccc78)cc6)nc(-c6ccc(-c7cccc8ccccc78)cc6)n5)cc4)c3N(c3ccccc3)C2C=C1. The predicted octanol–water partition coefficient (Wildman–Crippen LogP) is 14.9. The van der Waals surface area contributed by atoms with Gasteiger partial charge >= 0.3 is 0 Å². The molecule has 4 nitrogen and oxygen atoms in total. The Kier molecular flexibility index (Phi) is 8.93. The quantitative estimate of drug-likeness (QED) is 0.161. The first-order chi connectivity index (χ1) is 31.2. The summed E-state index contributed by atoms with van der Waals surface area (Å²) in [6, 6.07) is 73.6.